The molecule has 31 heavy (non-hydrogen) atoms. The molecule has 4 nitrogen and oxygen atoms in total. The highest BCUT2D eigenvalue weighted by molar-refractivity contribution is 6.04. The Bertz CT molecular complexity index is 1290. The summed E-state index contributed by atoms with van der Waals surface area (Å²) in [6.45, 7) is 0. The maximum absolute atomic E-state index is 13.0. The predicted molar refractivity (Wildman–Crippen MR) is 110 cm³/mol. The van der Waals surface area contributed by atoms with Crippen molar-refractivity contribution in [1.29, 1.82) is 0 Å². The van der Waals surface area contributed by atoms with Crippen LogP contribution in [0.1, 0.15) is 26.3 Å². The molecule has 0 aliphatic rings. The zero-order valence-electron chi connectivity index (χ0n) is 15.9. The molecule has 0 aliphatic carbocycles. The van der Waals surface area contributed by atoms with E-state index in [-0.39, 0.29) is 16.5 Å². The molecule has 0 radical (unpaired) electrons. The van der Waals surface area contributed by atoms with Gasteiger partial charge in [-0.05, 0) is 35.4 Å². The number of rotatable bonds is 4. The van der Waals surface area contributed by atoms with E-state index in [4.69, 9.17) is 0 Å². The number of aromatic nitrogens is 1. The largest absolute Gasteiger partial charge is 0.478 e. The molecule has 3 aromatic carbocycles. The summed E-state index contributed by atoms with van der Waals surface area (Å²) in [6.07, 6.45) is -3.82. The summed E-state index contributed by atoms with van der Waals surface area (Å²) in [5.74, 6) is -1.33. The van der Waals surface area contributed by atoms with E-state index in [1.165, 1.54) is 12.1 Å². The second-order valence-electron chi connectivity index (χ2n) is 6.91. The molecular weight excluding hydrogens is 407 g/mol. The van der Waals surface area contributed by atoms with Crippen LogP contribution in [0.4, 0.5) is 13.2 Å². The van der Waals surface area contributed by atoms with E-state index in [1.54, 1.807) is 24.3 Å². The van der Waals surface area contributed by atoms with Gasteiger partial charge in [-0.2, -0.15) is 13.2 Å². The van der Waals surface area contributed by atoms with Gasteiger partial charge < -0.3 is 5.11 Å². The predicted octanol–water partition coefficient (Wildman–Crippen LogP) is 6.10. The first kappa shape index (κ1) is 20.3. The number of carboxylic acids is 1. The minimum atomic E-state index is -4.58. The Morgan fingerprint density at radius 3 is 1.97 bits per heavy atom. The van der Waals surface area contributed by atoms with Crippen LogP contribution in [0.2, 0.25) is 0 Å². The van der Waals surface area contributed by atoms with Crippen molar-refractivity contribution < 1.29 is 27.9 Å². The van der Waals surface area contributed by atoms with Crippen molar-refractivity contribution in [3.05, 3.63) is 89.5 Å². The lowest BCUT2D eigenvalue weighted by Crippen LogP contribution is -2.06. The number of hydrogen-bond acceptors (Lipinski definition) is 3. The first-order chi connectivity index (χ1) is 14.8. The van der Waals surface area contributed by atoms with Crippen LogP contribution < -0.4 is 0 Å². The molecule has 1 aromatic heterocycles. The lowest BCUT2D eigenvalue weighted by Gasteiger charge is -2.11. The van der Waals surface area contributed by atoms with Crippen LogP contribution in [0.5, 0.6) is 0 Å². The van der Waals surface area contributed by atoms with Crippen LogP contribution in [0.15, 0.2) is 72.8 Å². The Morgan fingerprint density at radius 2 is 1.42 bits per heavy atom. The van der Waals surface area contributed by atoms with Gasteiger partial charge >= 0.3 is 12.1 Å². The van der Waals surface area contributed by atoms with Crippen LogP contribution >= 0.6 is 0 Å². The standard InChI is InChI=1S/C24H14F3NO3/c25-24(26,27)18-9-10-21-19(11-18)20(23(30)31)12-22(28-21)17-7-5-16(6-8-17)15-3-1-14(13-29)2-4-15/h1-13H,(H,30,31). The number of hydrogen-bond donors (Lipinski definition) is 1. The Balaban J connectivity index is 1.76. The Morgan fingerprint density at radius 1 is 0.839 bits per heavy atom. The van der Waals surface area contributed by atoms with E-state index in [1.807, 2.05) is 24.3 Å². The molecule has 1 N–H and O–H groups in total. The third kappa shape index (κ3) is 4.02. The molecule has 154 valence electrons. The number of halogens is 3. The first-order valence-electron chi connectivity index (χ1n) is 9.17. The van der Waals surface area contributed by atoms with Crippen LogP contribution in [0, 0.1) is 0 Å². The molecule has 0 bridgehead atoms. The topological polar surface area (TPSA) is 67.3 Å². The van der Waals surface area contributed by atoms with Gasteiger partial charge in [0.1, 0.15) is 6.29 Å². The molecule has 0 amide bonds. The van der Waals surface area contributed by atoms with Crippen LogP contribution in [-0.4, -0.2) is 22.3 Å². The summed E-state index contributed by atoms with van der Waals surface area (Å²) in [4.78, 5) is 26.9. The lowest BCUT2D eigenvalue weighted by molar-refractivity contribution is -0.137. The third-order valence-electron chi connectivity index (χ3n) is 4.93. The molecule has 0 saturated heterocycles. The van der Waals surface area contributed by atoms with Gasteiger partial charge in [0, 0.05) is 16.5 Å². The first-order valence-corrected chi connectivity index (χ1v) is 9.17. The summed E-state index contributed by atoms with van der Waals surface area (Å²) in [7, 11) is 0. The fourth-order valence-electron chi connectivity index (χ4n) is 3.31. The van der Waals surface area contributed by atoms with Crippen molar-refractivity contribution in [3.63, 3.8) is 0 Å². The van der Waals surface area contributed by atoms with Gasteiger partial charge in [-0.15, -0.1) is 0 Å². The van der Waals surface area contributed by atoms with Gasteiger partial charge in [-0.1, -0.05) is 48.5 Å². The molecule has 4 aromatic rings. The van der Waals surface area contributed by atoms with Crippen molar-refractivity contribution in [2.24, 2.45) is 0 Å². The Hall–Kier alpha value is -4.00. The minimum Gasteiger partial charge on any atom is -0.478 e. The van der Waals surface area contributed by atoms with E-state index in [9.17, 15) is 27.9 Å². The number of nitrogens with zero attached hydrogens (tertiary/aromatic N) is 1. The summed E-state index contributed by atoms with van der Waals surface area (Å²) < 4.78 is 39.1. The zero-order valence-corrected chi connectivity index (χ0v) is 15.9. The Labute approximate surface area is 174 Å². The molecule has 4 rings (SSSR count). The molecule has 1 heterocycles. The van der Waals surface area contributed by atoms with Gasteiger partial charge in [0.25, 0.3) is 0 Å². The number of carbonyl (C=O) groups excluding carboxylic acids is 1. The fraction of sp³-hybridized carbons (Fsp3) is 0.0417. The highest BCUT2D eigenvalue weighted by Gasteiger charge is 2.31. The SMILES string of the molecule is O=Cc1ccc(-c2ccc(-c3cc(C(=O)O)c4cc(C(F)(F)F)ccc4n3)cc2)cc1. The summed E-state index contributed by atoms with van der Waals surface area (Å²) in [5.41, 5.74) is 2.29. The van der Waals surface area contributed by atoms with E-state index in [0.717, 1.165) is 29.5 Å². The third-order valence-corrected chi connectivity index (χ3v) is 4.93. The lowest BCUT2D eigenvalue weighted by atomic mass is 9.99. The van der Waals surface area contributed by atoms with Crippen molar-refractivity contribution in [2.45, 2.75) is 6.18 Å². The highest BCUT2D eigenvalue weighted by Crippen LogP contribution is 2.33. The number of benzene rings is 3. The monoisotopic (exact) mass is 421 g/mol. The number of pyridine rings is 1. The highest BCUT2D eigenvalue weighted by atomic mass is 19.4. The number of aldehydes is 1. The molecular formula is C24H14F3NO3. The normalized spacial score (nSPS) is 11.5. The molecule has 0 aliphatic heterocycles. The summed E-state index contributed by atoms with van der Waals surface area (Å²) in [6, 6.07) is 18.3. The molecule has 0 unspecified atom stereocenters. The second kappa shape index (κ2) is 7.68. The van der Waals surface area contributed by atoms with Crippen LogP contribution in [0.3, 0.4) is 0 Å². The van der Waals surface area contributed by atoms with E-state index >= 15 is 0 Å². The van der Waals surface area contributed by atoms with Crippen LogP contribution in [-0.2, 0) is 6.18 Å². The Kier molecular flexibility index (Phi) is 5.02. The van der Waals surface area contributed by atoms with Crippen molar-refractivity contribution in [2.75, 3.05) is 0 Å². The number of aromatic carboxylic acids is 1. The van der Waals surface area contributed by atoms with Gasteiger partial charge in [-0.3, -0.25) is 4.79 Å². The molecule has 0 fully saturated rings. The van der Waals surface area contributed by atoms with Crippen LogP contribution in [0.25, 0.3) is 33.3 Å². The molecule has 0 spiro atoms. The van der Waals surface area contributed by atoms with Crippen molar-refractivity contribution >= 4 is 23.2 Å². The number of carboxylic acid groups (broad SMARTS) is 1. The summed E-state index contributed by atoms with van der Waals surface area (Å²) in [5, 5.41) is 9.48. The van der Waals surface area contributed by atoms with Crippen molar-refractivity contribution in [3.8, 4) is 22.4 Å². The van der Waals surface area contributed by atoms with E-state index in [2.05, 4.69) is 4.98 Å². The molecule has 0 atom stereocenters. The van der Waals surface area contributed by atoms with Gasteiger partial charge in [0.15, 0.2) is 0 Å². The minimum absolute atomic E-state index is 0.0713. The maximum atomic E-state index is 13.0. The number of fused-ring (bicyclic) bond motifs is 1. The second-order valence-corrected chi connectivity index (χ2v) is 6.91. The number of carbonyl (C=O) groups is 2. The maximum Gasteiger partial charge on any atom is 0.416 e. The van der Waals surface area contributed by atoms with E-state index in [0.29, 0.717) is 16.8 Å². The average Bonchev–Trinajstić information content (AvgIpc) is 2.77. The number of alkyl halides is 3. The van der Waals surface area contributed by atoms with Gasteiger partial charge in [-0.25, -0.2) is 9.78 Å². The smallest absolute Gasteiger partial charge is 0.416 e. The van der Waals surface area contributed by atoms with Gasteiger partial charge in [0.05, 0.1) is 22.3 Å². The van der Waals surface area contributed by atoms with Crippen molar-refractivity contribution in [1.82, 2.24) is 4.98 Å². The quantitative estimate of drug-likeness (QED) is 0.405. The van der Waals surface area contributed by atoms with Gasteiger partial charge in [0.2, 0.25) is 0 Å². The molecule has 0 saturated carbocycles. The zero-order chi connectivity index (χ0) is 22.2. The van der Waals surface area contributed by atoms with E-state index < -0.39 is 17.7 Å². The summed E-state index contributed by atoms with van der Waals surface area (Å²) >= 11 is 0. The molecule has 7 heteroatoms. The average molecular weight is 421 g/mol. The fourth-order valence-corrected chi connectivity index (χ4v) is 3.31.